The van der Waals surface area contributed by atoms with Crippen LogP contribution in [0.25, 0.3) is 0 Å². The maximum Gasteiger partial charge on any atom is 0.0390 e. The largest absolute Gasteiger partial charge is 0.312 e. The SMILES string of the molecule is CNC(c1cccc(C)c1)C1Cc2ccccc21. The Kier molecular flexibility index (Phi) is 2.92. The first-order valence-electron chi connectivity index (χ1n) is 6.61. The number of nitrogens with one attached hydrogen (secondary N) is 1. The van der Waals surface area contributed by atoms with Crippen molar-refractivity contribution < 1.29 is 0 Å². The zero-order valence-corrected chi connectivity index (χ0v) is 11.0. The lowest BCUT2D eigenvalue weighted by atomic mass is 9.71. The number of benzene rings is 2. The summed E-state index contributed by atoms with van der Waals surface area (Å²) in [6.45, 7) is 2.16. The second kappa shape index (κ2) is 4.58. The average molecular weight is 237 g/mol. The number of aryl methyl sites for hydroxylation is 1. The third kappa shape index (κ3) is 1.85. The van der Waals surface area contributed by atoms with E-state index in [1.807, 2.05) is 0 Å². The van der Waals surface area contributed by atoms with E-state index in [4.69, 9.17) is 0 Å². The quantitative estimate of drug-likeness (QED) is 0.860. The van der Waals surface area contributed by atoms with Crippen LogP contribution in [0.5, 0.6) is 0 Å². The van der Waals surface area contributed by atoms with Gasteiger partial charge < -0.3 is 5.32 Å². The van der Waals surface area contributed by atoms with Crippen LogP contribution in [0.3, 0.4) is 0 Å². The molecule has 1 nitrogen and oxygen atoms in total. The molecule has 92 valence electrons. The summed E-state index contributed by atoms with van der Waals surface area (Å²) in [5, 5.41) is 3.49. The lowest BCUT2D eigenvalue weighted by Crippen LogP contribution is -2.31. The highest BCUT2D eigenvalue weighted by molar-refractivity contribution is 5.43. The summed E-state index contributed by atoms with van der Waals surface area (Å²) in [4.78, 5) is 0. The van der Waals surface area contributed by atoms with Gasteiger partial charge in [-0.1, -0.05) is 54.1 Å². The summed E-state index contributed by atoms with van der Waals surface area (Å²) in [6, 6.07) is 18.1. The molecule has 3 rings (SSSR count). The van der Waals surface area contributed by atoms with Gasteiger partial charge in [0.05, 0.1) is 0 Å². The summed E-state index contributed by atoms with van der Waals surface area (Å²) < 4.78 is 0. The van der Waals surface area contributed by atoms with Gasteiger partial charge in [0.15, 0.2) is 0 Å². The van der Waals surface area contributed by atoms with Crippen LogP contribution < -0.4 is 5.32 Å². The van der Waals surface area contributed by atoms with Crippen LogP contribution in [0.4, 0.5) is 0 Å². The lowest BCUT2D eigenvalue weighted by molar-refractivity contribution is 0.439. The molecule has 2 atom stereocenters. The highest BCUT2D eigenvalue weighted by Crippen LogP contribution is 2.43. The van der Waals surface area contributed by atoms with Gasteiger partial charge in [-0.2, -0.15) is 0 Å². The van der Waals surface area contributed by atoms with Crippen molar-refractivity contribution in [2.45, 2.75) is 25.3 Å². The molecule has 0 radical (unpaired) electrons. The Morgan fingerprint density at radius 1 is 1.11 bits per heavy atom. The average Bonchev–Trinajstić information content (AvgIpc) is 2.36. The second-order valence-electron chi connectivity index (χ2n) is 5.19. The summed E-state index contributed by atoms with van der Waals surface area (Å²) in [6.07, 6.45) is 1.19. The van der Waals surface area contributed by atoms with Gasteiger partial charge >= 0.3 is 0 Å². The zero-order valence-electron chi connectivity index (χ0n) is 11.0. The predicted octanol–water partition coefficient (Wildman–Crippen LogP) is 3.60. The van der Waals surface area contributed by atoms with Crippen molar-refractivity contribution in [3.63, 3.8) is 0 Å². The third-order valence-electron chi connectivity index (χ3n) is 4.01. The molecule has 0 fully saturated rings. The monoisotopic (exact) mass is 237 g/mol. The van der Waals surface area contributed by atoms with Gasteiger partial charge in [0.2, 0.25) is 0 Å². The Labute approximate surface area is 109 Å². The van der Waals surface area contributed by atoms with Gasteiger partial charge in [-0.3, -0.25) is 0 Å². The topological polar surface area (TPSA) is 12.0 Å². The molecule has 18 heavy (non-hydrogen) atoms. The van der Waals surface area contributed by atoms with E-state index in [0.717, 1.165) is 0 Å². The molecule has 0 aromatic heterocycles. The van der Waals surface area contributed by atoms with Crippen molar-refractivity contribution >= 4 is 0 Å². The van der Waals surface area contributed by atoms with E-state index in [2.05, 4.69) is 67.8 Å². The van der Waals surface area contributed by atoms with Gasteiger partial charge in [-0.25, -0.2) is 0 Å². The smallest absolute Gasteiger partial charge is 0.0390 e. The van der Waals surface area contributed by atoms with Gasteiger partial charge in [0.1, 0.15) is 0 Å². The van der Waals surface area contributed by atoms with E-state index in [1.54, 1.807) is 0 Å². The van der Waals surface area contributed by atoms with Crippen molar-refractivity contribution in [2.75, 3.05) is 7.05 Å². The van der Waals surface area contributed by atoms with Crippen LogP contribution in [0.15, 0.2) is 48.5 Å². The lowest BCUT2D eigenvalue weighted by Gasteiger charge is -2.37. The second-order valence-corrected chi connectivity index (χ2v) is 5.19. The molecule has 1 heteroatoms. The molecule has 2 aromatic rings. The highest BCUT2D eigenvalue weighted by Gasteiger charge is 2.32. The fourth-order valence-electron chi connectivity index (χ4n) is 3.06. The molecule has 0 spiro atoms. The first-order chi connectivity index (χ1) is 8.79. The van der Waals surface area contributed by atoms with Crippen LogP contribution in [-0.4, -0.2) is 7.05 Å². The summed E-state index contributed by atoms with van der Waals surface area (Å²) in [5.41, 5.74) is 5.76. The summed E-state index contributed by atoms with van der Waals surface area (Å²) >= 11 is 0. The van der Waals surface area contributed by atoms with Crippen LogP contribution in [0, 0.1) is 6.92 Å². The van der Waals surface area contributed by atoms with Gasteiger partial charge in [0.25, 0.3) is 0 Å². The van der Waals surface area contributed by atoms with Crippen LogP contribution >= 0.6 is 0 Å². The molecule has 1 aliphatic rings. The molecule has 0 aliphatic heterocycles. The Hall–Kier alpha value is -1.60. The van der Waals surface area contributed by atoms with Gasteiger partial charge in [-0.15, -0.1) is 0 Å². The number of hydrogen-bond donors (Lipinski definition) is 1. The fraction of sp³-hybridized carbons (Fsp3) is 0.294. The Morgan fingerprint density at radius 3 is 2.67 bits per heavy atom. The minimum absolute atomic E-state index is 0.430. The number of rotatable bonds is 3. The van der Waals surface area contributed by atoms with Crippen molar-refractivity contribution in [3.8, 4) is 0 Å². The van der Waals surface area contributed by atoms with E-state index in [0.29, 0.717) is 12.0 Å². The van der Waals surface area contributed by atoms with E-state index in [-0.39, 0.29) is 0 Å². The Morgan fingerprint density at radius 2 is 1.94 bits per heavy atom. The highest BCUT2D eigenvalue weighted by atomic mass is 14.9. The van der Waals surface area contributed by atoms with Gasteiger partial charge in [0, 0.05) is 12.0 Å². The van der Waals surface area contributed by atoms with E-state index >= 15 is 0 Å². The van der Waals surface area contributed by atoms with E-state index in [9.17, 15) is 0 Å². The van der Waals surface area contributed by atoms with Crippen molar-refractivity contribution in [1.29, 1.82) is 0 Å². The Balaban J connectivity index is 1.92. The molecule has 0 heterocycles. The third-order valence-corrected chi connectivity index (χ3v) is 4.01. The first-order valence-corrected chi connectivity index (χ1v) is 6.61. The predicted molar refractivity (Wildman–Crippen MR) is 75.9 cm³/mol. The molecule has 0 bridgehead atoms. The van der Waals surface area contributed by atoms with Gasteiger partial charge in [-0.05, 0) is 37.1 Å². The number of likely N-dealkylation sites (N-methyl/N-ethyl adjacent to an activating group) is 1. The molecular formula is C17H19N. The van der Waals surface area contributed by atoms with Crippen molar-refractivity contribution in [1.82, 2.24) is 5.32 Å². The number of fused-ring (bicyclic) bond motifs is 1. The molecule has 0 saturated carbocycles. The normalized spacial score (nSPS) is 18.9. The van der Waals surface area contributed by atoms with E-state index in [1.165, 1.54) is 28.7 Å². The minimum atomic E-state index is 0.430. The maximum absolute atomic E-state index is 3.49. The van der Waals surface area contributed by atoms with E-state index < -0.39 is 0 Å². The summed E-state index contributed by atoms with van der Waals surface area (Å²) in [5.74, 6) is 0.619. The summed E-state index contributed by atoms with van der Waals surface area (Å²) in [7, 11) is 2.06. The molecule has 0 saturated heterocycles. The van der Waals surface area contributed by atoms with Crippen LogP contribution in [0.1, 0.15) is 34.2 Å². The molecule has 2 unspecified atom stereocenters. The Bertz CT molecular complexity index is 559. The molecule has 1 aliphatic carbocycles. The molecular weight excluding hydrogens is 218 g/mol. The van der Waals surface area contributed by atoms with Crippen molar-refractivity contribution in [2.24, 2.45) is 0 Å². The molecule has 1 N–H and O–H groups in total. The minimum Gasteiger partial charge on any atom is -0.312 e. The molecule has 2 aromatic carbocycles. The first kappa shape index (κ1) is 11.5. The standard InChI is InChI=1S/C17H19N/c1-12-6-5-8-14(10-12)17(18-2)16-11-13-7-3-4-9-15(13)16/h3-10,16-18H,11H2,1-2H3. The number of hydrogen-bond acceptors (Lipinski definition) is 1. The molecule has 0 amide bonds. The maximum atomic E-state index is 3.49. The van der Waals surface area contributed by atoms with Crippen molar-refractivity contribution in [3.05, 3.63) is 70.8 Å². The van der Waals surface area contributed by atoms with Crippen LogP contribution in [0.2, 0.25) is 0 Å². The van der Waals surface area contributed by atoms with Crippen LogP contribution in [-0.2, 0) is 6.42 Å². The zero-order chi connectivity index (χ0) is 12.5. The fourth-order valence-corrected chi connectivity index (χ4v) is 3.06.